The van der Waals surface area contributed by atoms with E-state index in [0.717, 1.165) is 6.33 Å². The van der Waals surface area contributed by atoms with E-state index in [2.05, 4.69) is 20.6 Å². The first kappa shape index (κ1) is 14.2. The zero-order chi connectivity index (χ0) is 14.5. The van der Waals surface area contributed by atoms with Gasteiger partial charge in [-0.1, -0.05) is 41.4 Å². The molecule has 6 nitrogen and oxygen atoms in total. The number of benzene rings is 1. The summed E-state index contributed by atoms with van der Waals surface area (Å²) in [5, 5.41) is 4.58. The van der Waals surface area contributed by atoms with E-state index in [4.69, 9.17) is 23.2 Å². The number of amides is 2. The Morgan fingerprint density at radius 2 is 1.45 bits per heavy atom. The van der Waals surface area contributed by atoms with E-state index in [9.17, 15) is 9.59 Å². The number of carbonyl (C=O) groups is 2. The van der Waals surface area contributed by atoms with Gasteiger partial charge < -0.3 is 10.6 Å². The number of nitrogens with zero attached hydrogens (tertiary/aromatic N) is 2. The summed E-state index contributed by atoms with van der Waals surface area (Å²) in [7, 11) is 0. The quantitative estimate of drug-likeness (QED) is 0.659. The predicted octanol–water partition coefficient (Wildman–Crippen LogP) is 2.36. The standard InChI is InChI=1S/C12H8Cl2N4O2/c13-9-8(10(14)16-6-15-9)18-12(20)11(19)17-7-4-2-1-3-5-7/h1-6H,(H,17,19)(H,18,20). The molecule has 8 heteroatoms. The fourth-order valence-corrected chi connectivity index (χ4v) is 1.74. The van der Waals surface area contributed by atoms with Gasteiger partial charge in [-0.15, -0.1) is 0 Å². The fourth-order valence-electron chi connectivity index (χ4n) is 1.33. The average Bonchev–Trinajstić information content (AvgIpc) is 2.44. The topological polar surface area (TPSA) is 84.0 Å². The molecule has 0 saturated heterocycles. The van der Waals surface area contributed by atoms with E-state index >= 15 is 0 Å². The van der Waals surface area contributed by atoms with Crippen LogP contribution in [0.25, 0.3) is 0 Å². The number of hydrogen-bond acceptors (Lipinski definition) is 4. The molecule has 102 valence electrons. The zero-order valence-corrected chi connectivity index (χ0v) is 11.4. The lowest BCUT2D eigenvalue weighted by molar-refractivity contribution is -0.133. The second kappa shape index (κ2) is 6.31. The number of para-hydroxylation sites is 1. The largest absolute Gasteiger partial charge is 0.318 e. The van der Waals surface area contributed by atoms with E-state index in [1.54, 1.807) is 30.3 Å². The van der Waals surface area contributed by atoms with Crippen LogP contribution in [0.3, 0.4) is 0 Å². The summed E-state index contributed by atoms with van der Waals surface area (Å²) in [6, 6.07) is 8.54. The first-order valence-electron chi connectivity index (χ1n) is 5.41. The van der Waals surface area contributed by atoms with E-state index in [0.29, 0.717) is 5.69 Å². The van der Waals surface area contributed by atoms with Crippen LogP contribution < -0.4 is 10.6 Å². The van der Waals surface area contributed by atoms with Crippen LogP contribution in [0.1, 0.15) is 0 Å². The Morgan fingerprint density at radius 3 is 2.05 bits per heavy atom. The molecule has 0 saturated carbocycles. The van der Waals surface area contributed by atoms with Crippen molar-refractivity contribution in [1.29, 1.82) is 0 Å². The fraction of sp³-hybridized carbons (Fsp3) is 0. The second-order valence-electron chi connectivity index (χ2n) is 3.60. The summed E-state index contributed by atoms with van der Waals surface area (Å²) in [5.74, 6) is -1.78. The van der Waals surface area contributed by atoms with Crippen molar-refractivity contribution in [2.24, 2.45) is 0 Å². The molecule has 1 heterocycles. The van der Waals surface area contributed by atoms with Crippen LogP contribution in [0.4, 0.5) is 11.4 Å². The lowest BCUT2D eigenvalue weighted by Gasteiger charge is -2.08. The number of aromatic nitrogens is 2. The van der Waals surface area contributed by atoms with E-state index < -0.39 is 11.8 Å². The third-order valence-electron chi connectivity index (χ3n) is 2.23. The Balaban J connectivity index is 2.07. The number of halogens is 2. The molecule has 0 atom stereocenters. The van der Waals surface area contributed by atoms with E-state index in [1.165, 1.54) is 0 Å². The third-order valence-corrected chi connectivity index (χ3v) is 2.80. The number of carbonyl (C=O) groups excluding carboxylic acids is 2. The molecule has 20 heavy (non-hydrogen) atoms. The van der Waals surface area contributed by atoms with Gasteiger partial charge in [-0.05, 0) is 12.1 Å². The Bertz CT molecular complexity index is 629. The summed E-state index contributed by atoms with van der Waals surface area (Å²) in [5.41, 5.74) is 0.484. The van der Waals surface area contributed by atoms with Gasteiger partial charge in [0.1, 0.15) is 12.0 Å². The average molecular weight is 311 g/mol. The Kier molecular flexibility index (Phi) is 4.49. The highest BCUT2D eigenvalue weighted by Gasteiger charge is 2.18. The third kappa shape index (κ3) is 3.43. The Labute approximate surface area is 124 Å². The van der Waals surface area contributed by atoms with Crippen LogP contribution in [0.5, 0.6) is 0 Å². The van der Waals surface area contributed by atoms with Crippen molar-refractivity contribution in [1.82, 2.24) is 9.97 Å². The Morgan fingerprint density at radius 1 is 0.900 bits per heavy atom. The molecule has 0 unspecified atom stereocenters. The summed E-state index contributed by atoms with van der Waals surface area (Å²) >= 11 is 11.5. The molecule has 0 bridgehead atoms. The maximum Gasteiger partial charge on any atom is 0.314 e. The van der Waals surface area contributed by atoms with Crippen molar-refractivity contribution < 1.29 is 9.59 Å². The zero-order valence-electron chi connectivity index (χ0n) is 9.93. The molecule has 0 aliphatic rings. The highest BCUT2D eigenvalue weighted by Crippen LogP contribution is 2.25. The normalized spacial score (nSPS) is 9.90. The molecule has 0 spiro atoms. The van der Waals surface area contributed by atoms with Crippen molar-refractivity contribution in [3.8, 4) is 0 Å². The van der Waals surface area contributed by atoms with Crippen LogP contribution >= 0.6 is 23.2 Å². The molecule has 0 radical (unpaired) electrons. The van der Waals surface area contributed by atoms with Crippen LogP contribution in [0.2, 0.25) is 10.3 Å². The van der Waals surface area contributed by atoms with E-state index in [1.807, 2.05) is 0 Å². The number of rotatable bonds is 2. The van der Waals surface area contributed by atoms with Gasteiger partial charge in [0.15, 0.2) is 10.3 Å². The van der Waals surface area contributed by atoms with Gasteiger partial charge in [-0.25, -0.2) is 9.97 Å². The van der Waals surface area contributed by atoms with Crippen molar-refractivity contribution in [3.05, 3.63) is 47.0 Å². The molecule has 2 aromatic rings. The first-order valence-corrected chi connectivity index (χ1v) is 6.17. The lowest BCUT2D eigenvalue weighted by atomic mass is 10.3. The molecule has 0 aliphatic carbocycles. The smallest absolute Gasteiger partial charge is 0.314 e. The van der Waals surface area contributed by atoms with Gasteiger partial charge in [0.05, 0.1) is 0 Å². The van der Waals surface area contributed by atoms with Crippen LogP contribution in [0.15, 0.2) is 36.7 Å². The maximum absolute atomic E-state index is 11.7. The van der Waals surface area contributed by atoms with E-state index in [-0.39, 0.29) is 16.0 Å². The predicted molar refractivity (Wildman–Crippen MR) is 75.8 cm³/mol. The molecule has 0 fully saturated rings. The molecular formula is C12H8Cl2N4O2. The number of hydrogen-bond donors (Lipinski definition) is 2. The van der Waals surface area contributed by atoms with Gasteiger partial charge in [0.2, 0.25) is 0 Å². The summed E-state index contributed by atoms with van der Waals surface area (Å²) < 4.78 is 0. The van der Waals surface area contributed by atoms with Gasteiger partial charge in [0, 0.05) is 5.69 Å². The number of anilines is 2. The van der Waals surface area contributed by atoms with Crippen molar-refractivity contribution in [2.75, 3.05) is 10.6 Å². The Hall–Kier alpha value is -2.18. The van der Waals surface area contributed by atoms with Gasteiger partial charge in [-0.3, -0.25) is 9.59 Å². The summed E-state index contributed by atoms with van der Waals surface area (Å²) in [4.78, 5) is 30.7. The monoisotopic (exact) mass is 310 g/mol. The minimum Gasteiger partial charge on any atom is -0.318 e. The van der Waals surface area contributed by atoms with Crippen LogP contribution in [-0.4, -0.2) is 21.8 Å². The summed E-state index contributed by atoms with van der Waals surface area (Å²) in [6.45, 7) is 0. The molecule has 1 aromatic carbocycles. The minimum absolute atomic E-state index is 0.0101. The highest BCUT2D eigenvalue weighted by molar-refractivity contribution is 6.46. The first-order chi connectivity index (χ1) is 9.58. The van der Waals surface area contributed by atoms with Gasteiger partial charge in [-0.2, -0.15) is 0 Å². The van der Waals surface area contributed by atoms with Crippen molar-refractivity contribution in [3.63, 3.8) is 0 Å². The van der Waals surface area contributed by atoms with Gasteiger partial charge in [0.25, 0.3) is 0 Å². The molecule has 2 rings (SSSR count). The van der Waals surface area contributed by atoms with Crippen molar-refractivity contribution >= 4 is 46.4 Å². The van der Waals surface area contributed by atoms with Crippen LogP contribution in [-0.2, 0) is 9.59 Å². The highest BCUT2D eigenvalue weighted by atomic mass is 35.5. The second-order valence-corrected chi connectivity index (χ2v) is 4.32. The number of nitrogens with one attached hydrogen (secondary N) is 2. The van der Waals surface area contributed by atoms with Crippen LogP contribution in [0, 0.1) is 0 Å². The van der Waals surface area contributed by atoms with Gasteiger partial charge >= 0.3 is 11.8 Å². The molecular weight excluding hydrogens is 303 g/mol. The minimum atomic E-state index is -0.924. The maximum atomic E-state index is 11.7. The van der Waals surface area contributed by atoms with Crippen molar-refractivity contribution in [2.45, 2.75) is 0 Å². The lowest BCUT2D eigenvalue weighted by Crippen LogP contribution is -2.29. The molecule has 2 N–H and O–H groups in total. The SMILES string of the molecule is O=C(Nc1ccccc1)C(=O)Nc1c(Cl)ncnc1Cl. The summed E-state index contributed by atoms with van der Waals surface area (Å²) in [6.07, 6.45) is 1.14. The molecule has 0 aliphatic heterocycles. The molecule has 2 amide bonds. The molecule has 1 aromatic heterocycles.